The molecule has 2 aromatic rings. The highest BCUT2D eigenvalue weighted by atomic mass is 32.2. The van der Waals surface area contributed by atoms with Gasteiger partial charge >= 0.3 is 0 Å². The summed E-state index contributed by atoms with van der Waals surface area (Å²) in [6, 6.07) is 13.0. The number of hydrogen-bond acceptors (Lipinski definition) is 4. The molecule has 0 aliphatic heterocycles. The van der Waals surface area contributed by atoms with Crippen LogP contribution in [0.5, 0.6) is 0 Å². The second kappa shape index (κ2) is 7.24. The van der Waals surface area contributed by atoms with Gasteiger partial charge in [0.15, 0.2) is 0 Å². The molecule has 0 aliphatic rings. The average Bonchev–Trinajstić information content (AvgIpc) is 2.48. The Hall–Kier alpha value is -1.85. The van der Waals surface area contributed by atoms with Crippen LogP contribution in [0.1, 0.15) is 18.1 Å². The minimum atomic E-state index is -0.380. The summed E-state index contributed by atoms with van der Waals surface area (Å²) >= 11 is 1.62. The molecule has 21 heavy (non-hydrogen) atoms. The maximum Gasteiger partial charge on any atom is 0.269 e. The first-order valence-corrected chi connectivity index (χ1v) is 7.64. The highest BCUT2D eigenvalue weighted by molar-refractivity contribution is 7.99. The monoisotopic (exact) mass is 302 g/mol. The molecule has 2 aromatic carbocycles. The van der Waals surface area contributed by atoms with E-state index in [9.17, 15) is 10.1 Å². The number of aryl methyl sites for hydroxylation is 1. The smallest absolute Gasteiger partial charge is 0.269 e. The average molecular weight is 302 g/mol. The molecule has 0 unspecified atom stereocenters. The fraction of sp³-hybridized carbons (Fsp3) is 0.250. The van der Waals surface area contributed by atoms with Crippen LogP contribution in [0.3, 0.4) is 0 Å². The van der Waals surface area contributed by atoms with Crippen molar-refractivity contribution >= 4 is 17.4 Å². The van der Waals surface area contributed by atoms with E-state index in [4.69, 9.17) is 0 Å². The molecule has 0 amide bonds. The molecule has 0 fully saturated rings. The molecule has 0 saturated carbocycles. The lowest BCUT2D eigenvalue weighted by atomic mass is 10.1. The summed E-state index contributed by atoms with van der Waals surface area (Å²) in [5, 5.41) is 13.9. The van der Waals surface area contributed by atoms with Crippen LogP contribution in [0.15, 0.2) is 52.3 Å². The van der Waals surface area contributed by atoms with Gasteiger partial charge in [-0.2, -0.15) is 0 Å². The van der Waals surface area contributed by atoms with E-state index in [0.717, 1.165) is 18.0 Å². The quantitative estimate of drug-likeness (QED) is 0.643. The largest absolute Gasteiger partial charge is 0.313 e. The predicted molar refractivity (Wildman–Crippen MR) is 85.8 cm³/mol. The molecule has 0 spiro atoms. The van der Waals surface area contributed by atoms with Gasteiger partial charge in [0.05, 0.1) is 4.92 Å². The van der Waals surface area contributed by atoms with Gasteiger partial charge in [0.25, 0.3) is 5.69 Å². The molecule has 2 rings (SSSR count). The van der Waals surface area contributed by atoms with Crippen LogP contribution in [-0.4, -0.2) is 11.5 Å². The Kier molecular flexibility index (Phi) is 5.36. The van der Waals surface area contributed by atoms with Crippen LogP contribution in [0, 0.1) is 17.0 Å². The first-order valence-electron chi connectivity index (χ1n) is 6.82. The third kappa shape index (κ3) is 4.31. The van der Waals surface area contributed by atoms with Gasteiger partial charge in [-0.3, -0.25) is 10.1 Å². The molecule has 0 aromatic heterocycles. The highest BCUT2D eigenvalue weighted by Gasteiger charge is 2.06. The zero-order valence-electron chi connectivity index (χ0n) is 12.1. The summed E-state index contributed by atoms with van der Waals surface area (Å²) in [5.41, 5.74) is 2.60. The summed E-state index contributed by atoms with van der Waals surface area (Å²) in [4.78, 5) is 12.4. The second-order valence-electron chi connectivity index (χ2n) is 4.73. The third-order valence-corrected chi connectivity index (χ3v) is 4.28. The number of rotatable bonds is 6. The molecule has 0 saturated heterocycles. The van der Waals surface area contributed by atoms with Crippen molar-refractivity contribution in [1.29, 1.82) is 0 Å². The van der Waals surface area contributed by atoms with Gasteiger partial charge in [0.2, 0.25) is 0 Å². The fourth-order valence-electron chi connectivity index (χ4n) is 1.97. The molecule has 0 radical (unpaired) electrons. The minimum Gasteiger partial charge on any atom is -0.313 e. The third-order valence-electron chi connectivity index (χ3n) is 3.09. The molecule has 4 nitrogen and oxygen atoms in total. The number of nitrogens with one attached hydrogen (secondary N) is 1. The summed E-state index contributed by atoms with van der Waals surface area (Å²) < 4.78 is 0. The highest BCUT2D eigenvalue weighted by Crippen LogP contribution is 2.31. The van der Waals surface area contributed by atoms with E-state index in [1.54, 1.807) is 23.9 Å². The maximum absolute atomic E-state index is 10.6. The van der Waals surface area contributed by atoms with E-state index in [1.807, 2.05) is 0 Å². The zero-order chi connectivity index (χ0) is 15.2. The second-order valence-corrected chi connectivity index (χ2v) is 5.85. The van der Waals surface area contributed by atoms with Crippen LogP contribution in [0.25, 0.3) is 0 Å². The van der Waals surface area contributed by atoms with Crippen molar-refractivity contribution in [2.24, 2.45) is 0 Å². The van der Waals surface area contributed by atoms with E-state index >= 15 is 0 Å². The maximum atomic E-state index is 10.6. The van der Waals surface area contributed by atoms with Crippen molar-refractivity contribution in [1.82, 2.24) is 5.32 Å². The Morgan fingerprint density at radius 1 is 1.19 bits per heavy atom. The van der Waals surface area contributed by atoms with Crippen LogP contribution >= 0.6 is 11.8 Å². The number of hydrogen-bond donors (Lipinski definition) is 1. The summed E-state index contributed by atoms with van der Waals surface area (Å²) in [7, 11) is 0. The fourth-order valence-corrected chi connectivity index (χ4v) is 2.85. The summed E-state index contributed by atoms with van der Waals surface area (Å²) in [6.07, 6.45) is 0. The number of nitro groups is 1. The van der Waals surface area contributed by atoms with Gasteiger partial charge in [-0.1, -0.05) is 30.8 Å². The SMILES string of the molecule is CCNCc1ccc(Sc2ccc([N+](=O)[O-])cc2)c(C)c1. The van der Waals surface area contributed by atoms with Gasteiger partial charge < -0.3 is 5.32 Å². The summed E-state index contributed by atoms with van der Waals surface area (Å²) in [5.74, 6) is 0. The first kappa shape index (κ1) is 15.5. The van der Waals surface area contributed by atoms with Gasteiger partial charge in [-0.05, 0) is 42.8 Å². The van der Waals surface area contributed by atoms with Crippen molar-refractivity contribution < 1.29 is 4.92 Å². The topological polar surface area (TPSA) is 55.2 Å². The van der Waals surface area contributed by atoms with Crippen LogP contribution < -0.4 is 5.32 Å². The molecular weight excluding hydrogens is 284 g/mol. The van der Waals surface area contributed by atoms with E-state index in [1.165, 1.54) is 28.2 Å². The molecule has 0 heterocycles. The molecule has 0 atom stereocenters. The minimum absolute atomic E-state index is 0.122. The van der Waals surface area contributed by atoms with E-state index < -0.39 is 0 Å². The molecule has 1 N–H and O–H groups in total. The van der Waals surface area contributed by atoms with Gasteiger partial charge in [0.1, 0.15) is 0 Å². The number of benzene rings is 2. The van der Waals surface area contributed by atoms with Gasteiger partial charge in [-0.15, -0.1) is 0 Å². The molecule has 0 aliphatic carbocycles. The molecule has 0 bridgehead atoms. The molecular formula is C16H18N2O2S. The number of nitrogens with zero attached hydrogens (tertiary/aromatic N) is 1. The number of nitro benzene ring substituents is 1. The van der Waals surface area contributed by atoms with Crippen molar-refractivity contribution in [3.05, 3.63) is 63.7 Å². The molecule has 5 heteroatoms. The van der Waals surface area contributed by atoms with E-state index in [0.29, 0.717) is 0 Å². The van der Waals surface area contributed by atoms with Crippen molar-refractivity contribution in [2.75, 3.05) is 6.54 Å². The Morgan fingerprint density at radius 2 is 1.90 bits per heavy atom. The lowest BCUT2D eigenvalue weighted by Crippen LogP contribution is -2.11. The van der Waals surface area contributed by atoms with Crippen molar-refractivity contribution in [3.63, 3.8) is 0 Å². The standard InChI is InChI=1S/C16H18N2O2S/c1-3-17-11-13-4-9-16(12(2)10-13)21-15-7-5-14(6-8-15)18(19)20/h4-10,17H,3,11H2,1-2H3. The van der Waals surface area contributed by atoms with Crippen LogP contribution in [-0.2, 0) is 6.54 Å². The lowest BCUT2D eigenvalue weighted by molar-refractivity contribution is -0.384. The van der Waals surface area contributed by atoms with Crippen LogP contribution in [0.4, 0.5) is 5.69 Å². The predicted octanol–water partition coefficient (Wildman–Crippen LogP) is 4.16. The van der Waals surface area contributed by atoms with E-state index in [2.05, 4.69) is 37.4 Å². The Balaban J connectivity index is 2.10. The summed E-state index contributed by atoms with van der Waals surface area (Å²) in [6.45, 7) is 6.01. The van der Waals surface area contributed by atoms with Crippen molar-refractivity contribution in [3.8, 4) is 0 Å². The Morgan fingerprint density at radius 3 is 2.48 bits per heavy atom. The number of non-ortho nitro benzene ring substituents is 1. The normalized spacial score (nSPS) is 10.6. The van der Waals surface area contributed by atoms with Crippen LogP contribution in [0.2, 0.25) is 0 Å². The molecule has 110 valence electrons. The Labute approximate surface area is 128 Å². The van der Waals surface area contributed by atoms with Gasteiger partial charge in [-0.25, -0.2) is 0 Å². The van der Waals surface area contributed by atoms with E-state index in [-0.39, 0.29) is 10.6 Å². The van der Waals surface area contributed by atoms with Crippen molar-refractivity contribution in [2.45, 2.75) is 30.2 Å². The Bertz CT molecular complexity index is 627. The first-order chi connectivity index (χ1) is 10.1. The lowest BCUT2D eigenvalue weighted by Gasteiger charge is -2.09. The zero-order valence-corrected chi connectivity index (χ0v) is 12.9. The van der Waals surface area contributed by atoms with Gasteiger partial charge in [0, 0.05) is 28.5 Å².